The summed E-state index contributed by atoms with van der Waals surface area (Å²) in [5.74, 6) is -0.891. The van der Waals surface area contributed by atoms with E-state index in [9.17, 15) is 19.0 Å². The third-order valence-corrected chi connectivity index (χ3v) is 10.8. The summed E-state index contributed by atoms with van der Waals surface area (Å²) in [6, 6.07) is 0. The van der Waals surface area contributed by atoms with Gasteiger partial charge in [0.15, 0.2) is 6.10 Å². The number of nitrogens with zero attached hydrogens (tertiary/aromatic N) is 1. The fourth-order valence-corrected chi connectivity index (χ4v) is 6.70. The number of carbonyl (C=O) groups is 2. The topological polar surface area (TPSA) is 108 Å². The van der Waals surface area contributed by atoms with Gasteiger partial charge in [0.1, 0.15) is 19.8 Å². The van der Waals surface area contributed by atoms with E-state index in [1.807, 2.05) is 21.1 Å². The van der Waals surface area contributed by atoms with E-state index >= 15 is 0 Å². The van der Waals surface area contributed by atoms with Crippen molar-refractivity contribution in [3.63, 3.8) is 0 Å². The maximum Gasteiger partial charge on any atom is 0.472 e. The first-order chi connectivity index (χ1) is 33.0. The van der Waals surface area contributed by atoms with Crippen LogP contribution in [0.2, 0.25) is 0 Å². The predicted octanol–water partition coefficient (Wildman–Crippen LogP) is 15.6. The summed E-state index contributed by atoms with van der Waals surface area (Å²) < 4.78 is 34.4. The molecule has 68 heavy (non-hydrogen) atoms. The van der Waals surface area contributed by atoms with E-state index in [4.69, 9.17) is 18.5 Å². The van der Waals surface area contributed by atoms with Crippen LogP contribution in [0.3, 0.4) is 0 Å². The Labute approximate surface area is 414 Å². The molecule has 0 aromatic rings. The number of hydrogen-bond acceptors (Lipinski definition) is 7. The van der Waals surface area contributed by atoms with Crippen molar-refractivity contribution >= 4 is 19.8 Å². The average molecular weight is 963 g/mol. The fourth-order valence-electron chi connectivity index (χ4n) is 5.96. The molecule has 0 radical (unpaired) electrons. The molecule has 9 nitrogen and oxygen atoms in total. The van der Waals surface area contributed by atoms with Crippen molar-refractivity contribution in [2.24, 2.45) is 0 Å². The summed E-state index contributed by atoms with van der Waals surface area (Å²) >= 11 is 0. The number of phosphoric acid groups is 1. The SMILES string of the molecule is CC/C=C\C/C=C\C/C=C\C/C=C\C/C=C\C/C=C\C/C=C\CCCCCC(=O)OC(COC(=O)CCCCC/C=C\C/C=C\C/C=C\C/C=C\C/C=C\CC)COP(=O)(O)OCC[N+](C)(C)C. The van der Waals surface area contributed by atoms with Gasteiger partial charge in [-0.3, -0.25) is 18.6 Å². The van der Waals surface area contributed by atoms with Crippen molar-refractivity contribution in [3.05, 3.63) is 146 Å². The molecule has 2 atom stereocenters. The molecule has 0 rings (SSSR count). The minimum atomic E-state index is -4.41. The number of likely N-dealkylation sites (N-methyl/N-ethyl adjacent to an activating group) is 1. The highest BCUT2D eigenvalue weighted by Crippen LogP contribution is 2.43. The molecule has 0 spiro atoms. The van der Waals surface area contributed by atoms with E-state index in [0.717, 1.165) is 116 Å². The second kappa shape index (κ2) is 47.9. The van der Waals surface area contributed by atoms with Crippen LogP contribution >= 0.6 is 7.82 Å². The molecule has 0 heterocycles. The summed E-state index contributed by atoms with van der Waals surface area (Å²) in [6.07, 6.45) is 70.5. The van der Waals surface area contributed by atoms with Crippen molar-refractivity contribution in [2.45, 2.75) is 161 Å². The lowest BCUT2D eigenvalue weighted by molar-refractivity contribution is -0.870. The van der Waals surface area contributed by atoms with Gasteiger partial charge in [0.2, 0.25) is 0 Å². The van der Waals surface area contributed by atoms with E-state index in [-0.39, 0.29) is 26.1 Å². The number of esters is 2. The summed E-state index contributed by atoms with van der Waals surface area (Å²) in [6.45, 7) is 4.08. The highest BCUT2D eigenvalue weighted by Gasteiger charge is 2.27. The molecular formula is C58H93NO8P+. The fraction of sp³-hybridized carbons (Fsp3) is 0.552. The molecule has 0 aromatic heterocycles. The van der Waals surface area contributed by atoms with Crippen molar-refractivity contribution in [1.82, 2.24) is 0 Å². The van der Waals surface area contributed by atoms with Crippen molar-refractivity contribution < 1.29 is 42.1 Å². The number of unbranched alkanes of at least 4 members (excludes halogenated alkanes) is 6. The zero-order valence-electron chi connectivity index (χ0n) is 43.0. The maximum absolute atomic E-state index is 12.8. The van der Waals surface area contributed by atoms with Gasteiger partial charge in [0.05, 0.1) is 27.7 Å². The van der Waals surface area contributed by atoms with Gasteiger partial charge < -0.3 is 18.9 Å². The number of phosphoric ester groups is 1. The quantitative estimate of drug-likeness (QED) is 0.0211. The maximum atomic E-state index is 12.8. The number of rotatable bonds is 44. The Bertz CT molecular complexity index is 1650. The smallest absolute Gasteiger partial charge is 0.462 e. The number of allylic oxidation sites excluding steroid dienone is 24. The first-order valence-corrected chi connectivity index (χ1v) is 27.1. The van der Waals surface area contributed by atoms with Crippen LogP contribution < -0.4 is 0 Å². The molecule has 0 aliphatic heterocycles. The Morgan fingerprint density at radius 2 is 0.794 bits per heavy atom. The molecule has 0 aliphatic carbocycles. The Morgan fingerprint density at radius 3 is 1.15 bits per heavy atom. The van der Waals surface area contributed by atoms with Gasteiger partial charge in [0.25, 0.3) is 0 Å². The van der Waals surface area contributed by atoms with Crippen LogP contribution in [0.15, 0.2) is 146 Å². The zero-order chi connectivity index (χ0) is 49.9. The van der Waals surface area contributed by atoms with Crippen molar-refractivity contribution in [3.8, 4) is 0 Å². The van der Waals surface area contributed by atoms with Crippen molar-refractivity contribution in [1.29, 1.82) is 0 Å². The molecule has 1 N–H and O–H groups in total. The van der Waals surface area contributed by atoms with Crippen LogP contribution in [0.25, 0.3) is 0 Å². The van der Waals surface area contributed by atoms with E-state index in [1.54, 1.807) is 0 Å². The lowest BCUT2D eigenvalue weighted by Gasteiger charge is -2.24. The normalized spacial score (nSPS) is 14.6. The van der Waals surface area contributed by atoms with E-state index in [0.29, 0.717) is 23.9 Å². The van der Waals surface area contributed by atoms with Crippen LogP contribution in [0.1, 0.15) is 155 Å². The monoisotopic (exact) mass is 963 g/mol. The average Bonchev–Trinajstić information content (AvgIpc) is 3.30. The summed E-state index contributed by atoms with van der Waals surface area (Å²) in [5, 5.41) is 0. The Balaban J connectivity index is 4.44. The minimum Gasteiger partial charge on any atom is -0.462 e. The van der Waals surface area contributed by atoms with Crippen LogP contribution in [0.4, 0.5) is 0 Å². The summed E-state index contributed by atoms with van der Waals surface area (Å²) in [4.78, 5) is 35.6. The summed E-state index contributed by atoms with van der Waals surface area (Å²) in [7, 11) is 1.40. The highest BCUT2D eigenvalue weighted by molar-refractivity contribution is 7.47. The molecule has 0 fully saturated rings. The second-order valence-electron chi connectivity index (χ2n) is 17.4. The second-order valence-corrected chi connectivity index (χ2v) is 18.9. The molecule has 0 amide bonds. The molecule has 382 valence electrons. The van der Waals surface area contributed by atoms with Gasteiger partial charge in [-0.05, 0) is 116 Å². The van der Waals surface area contributed by atoms with Gasteiger partial charge in [-0.15, -0.1) is 0 Å². The van der Waals surface area contributed by atoms with E-state index in [1.165, 1.54) is 0 Å². The number of carbonyl (C=O) groups excluding carboxylic acids is 2. The van der Waals surface area contributed by atoms with Crippen LogP contribution in [-0.2, 0) is 32.7 Å². The van der Waals surface area contributed by atoms with Crippen molar-refractivity contribution in [2.75, 3.05) is 47.5 Å². The number of quaternary nitrogens is 1. The molecule has 0 saturated heterocycles. The molecule has 10 heteroatoms. The third-order valence-electron chi connectivity index (χ3n) is 9.86. The summed E-state index contributed by atoms with van der Waals surface area (Å²) in [5.41, 5.74) is 0. The standard InChI is InChI=1S/C58H92NO8P/c1-6-8-10-12-14-16-18-20-22-24-26-27-28-29-30-31-33-35-37-39-41-43-45-47-49-51-58(61)67-56(55-66-68(62,63)65-53-52-59(3,4)5)54-64-57(60)50-48-46-44-42-40-38-36-34-32-25-23-21-19-17-15-13-11-9-7-2/h8-11,14-17,20-23,26-27,29-30,32-35,38-41,56H,6-7,12-13,18-19,24-25,28,31,36-37,42-55H2,1-5H3/p+1/b10-8-,11-9-,16-14-,17-15-,22-20-,23-21-,27-26-,30-29-,34-32-,35-33-,40-38-,41-39-. The lowest BCUT2D eigenvalue weighted by atomic mass is 10.1. The van der Waals surface area contributed by atoms with Gasteiger partial charge >= 0.3 is 19.8 Å². The minimum absolute atomic E-state index is 0.00942. The van der Waals surface area contributed by atoms with Gasteiger partial charge in [0, 0.05) is 12.8 Å². The van der Waals surface area contributed by atoms with Gasteiger partial charge in [-0.1, -0.05) is 173 Å². The van der Waals surface area contributed by atoms with Crippen LogP contribution in [0.5, 0.6) is 0 Å². The zero-order valence-corrected chi connectivity index (χ0v) is 43.9. The molecule has 0 saturated carbocycles. The number of hydrogen-bond donors (Lipinski definition) is 1. The van der Waals surface area contributed by atoms with Crippen LogP contribution in [0, 0.1) is 0 Å². The lowest BCUT2D eigenvalue weighted by Crippen LogP contribution is -2.37. The molecule has 0 bridgehead atoms. The van der Waals surface area contributed by atoms with E-state index < -0.39 is 32.5 Å². The highest BCUT2D eigenvalue weighted by atomic mass is 31.2. The van der Waals surface area contributed by atoms with E-state index in [2.05, 4.69) is 160 Å². The Morgan fingerprint density at radius 1 is 0.456 bits per heavy atom. The largest absolute Gasteiger partial charge is 0.472 e. The predicted molar refractivity (Wildman–Crippen MR) is 288 cm³/mol. The molecule has 2 unspecified atom stereocenters. The Kier molecular flexibility index (Phi) is 45.0. The first kappa shape index (κ1) is 63.9. The molecule has 0 aliphatic rings. The van der Waals surface area contributed by atoms with Crippen LogP contribution in [-0.4, -0.2) is 74.9 Å². The van der Waals surface area contributed by atoms with Gasteiger partial charge in [-0.2, -0.15) is 0 Å². The first-order valence-electron chi connectivity index (χ1n) is 25.6. The Hall–Kier alpha value is -4.11. The molecule has 0 aromatic carbocycles. The van der Waals surface area contributed by atoms with Gasteiger partial charge in [-0.25, -0.2) is 4.57 Å². The number of ether oxygens (including phenoxy) is 2. The molecular weight excluding hydrogens is 870 g/mol. The third kappa shape index (κ3) is 51.3.